The Labute approximate surface area is 172 Å². The number of piperazine rings is 1. The molecule has 0 bridgehead atoms. The van der Waals surface area contributed by atoms with Gasteiger partial charge in [-0.05, 0) is 48.2 Å². The third-order valence-corrected chi connectivity index (χ3v) is 5.92. The summed E-state index contributed by atoms with van der Waals surface area (Å²) < 4.78 is 5.22. The van der Waals surface area contributed by atoms with Crippen LogP contribution >= 0.6 is 11.8 Å². The third kappa shape index (κ3) is 5.42. The van der Waals surface area contributed by atoms with Crippen LogP contribution < -0.4 is 9.64 Å². The third-order valence-electron chi connectivity index (χ3n) is 5.17. The molecule has 1 heterocycles. The number of anilines is 1. The van der Waals surface area contributed by atoms with E-state index in [4.69, 9.17) is 4.74 Å². The minimum absolute atomic E-state index is 0.173. The number of carbonyl (C=O) groups excluding carboxylic acids is 1. The molecule has 0 atom stereocenters. The molecule has 0 saturated carbocycles. The van der Waals surface area contributed by atoms with Gasteiger partial charge in [0.25, 0.3) is 0 Å². The second-order valence-electron chi connectivity index (χ2n) is 7.06. The lowest BCUT2D eigenvalue weighted by atomic mass is 10.2. The van der Waals surface area contributed by atoms with Crippen LogP contribution in [0.1, 0.15) is 5.56 Å². The molecule has 5 nitrogen and oxygen atoms in total. The Hall–Kier alpha value is -2.18. The monoisotopic (exact) mass is 399 g/mol. The van der Waals surface area contributed by atoms with E-state index in [2.05, 4.69) is 52.5 Å². The Morgan fingerprint density at radius 1 is 1.04 bits per heavy atom. The summed E-state index contributed by atoms with van der Waals surface area (Å²) in [6.45, 7) is 4.79. The minimum atomic E-state index is 0.173. The van der Waals surface area contributed by atoms with E-state index >= 15 is 0 Å². The predicted octanol–water partition coefficient (Wildman–Crippen LogP) is 3.20. The SMILES string of the molecule is COc1ccc(N2CCN(CC(=O)N(C)Cc3ccc(SC)cc3)CC2)cc1. The molecular formula is C22H29N3O2S. The van der Waals surface area contributed by atoms with Crippen LogP contribution in [-0.4, -0.2) is 68.8 Å². The van der Waals surface area contributed by atoms with E-state index in [1.807, 2.05) is 24.1 Å². The highest BCUT2D eigenvalue weighted by atomic mass is 32.2. The van der Waals surface area contributed by atoms with Crippen LogP contribution in [0.5, 0.6) is 5.75 Å². The zero-order valence-electron chi connectivity index (χ0n) is 16.9. The Morgan fingerprint density at radius 3 is 2.25 bits per heavy atom. The maximum atomic E-state index is 12.6. The zero-order chi connectivity index (χ0) is 19.9. The molecule has 0 N–H and O–H groups in total. The molecule has 1 amide bonds. The van der Waals surface area contributed by atoms with Crippen LogP contribution in [0.25, 0.3) is 0 Å². The summed E-state index contributed by atoms with van der Waals surface area (Å²) in [5.41, 5.74) is 2.37. The first-order valence-corrected chi connectivity index (χ1v) is 10.8. The molecule has 2 aromatic rings. The summed E-state index contributed by atoms with van der Waals surface area (Å²) >= 11 is 1.73. The van der Waals surface area contributed by atoms with Crippen molar-refractivity contribution >= 4 is 23.4 Å². The Bertz CT molecular complexity index is 756. The predicted molar refractivity (Wildman–Crippen MR) is 116 cm³/mol. The summed E-state index contributed by atoms with van der Waals surface area (Å²) in [5.74, 6) is 1.05. The quantitative estimate of drug-likeness (QED) is 0.668. The van der Waals surface area contributed by atoms with Gasteiger partial charge < -0.3 is 14.5 Å². The molecule has 2 aromatic carbocycles. The fraction of sp³-hybridized carbons (Fsp3) is 0.409. The van der Waals surface area contributed by atoms with E-state index in [0.29, 0.717) is 13.1 Å². The number of nitrogens with zero attached hydrogens (tertiary/aromatic N) is 3. The molecule has 0 aliphatic carbocycles. The zero-order valence-corrected chi connectivity index (χ0v) is 17.7. The highest BCUT2D eigenvalue weighted by molar-refractivity contribution is 7.98. The van der Waals surface area contributed by atoms with Gasteiger partial charge in [0.05, 0.1) is 13.7 Å². The normalized spacial score (nSPS) is 14.8. The Morgan fingerprint density at radius 2 is 1.68 bits per heavy atom. The van der Waals surface area contributed by atoms with Crippen molar-refractivity contribution in [3.05, 3.63) is 54.1 Å². The van der Waals surface area contributed by atoms with Crippen molar-refractivity contribution in [3.63, 3.8) is 0 Å². The molecule has 0 aromatic heterocycles. The van der Waals surface area contributed by atoms with Gasteiger partial charge in [-0.25, -0.2) is 0 Å². The van der Waals surface area contributed by atoms with Crippen molar-refractivity contribution in [2.75, 3.05) is 58.0 Å². The number of methoxy groups -OCH3 is 1. The molecule has 6 heteroatoms. The van der Waals surface area contributed by atoms with Gasteiger partial charge in [-0.15, -0.1) is 11.8 Å². The summed E-state index contributed by atoms with van der Waals surface area (Å²) in [6.07, 6.45) is 2.07. The molecule has 3 rings (SSSR count). The molecule has 0 unspecified atom stereocenters. The van der Waals surface area contributed by atoms with Gasteiger partial charge >= 0.3 is 0 Å². The van der Waals surface area contributed by atoms with Gasteiger partial charge in [0.15, 0.2) is 0 Å². The van der Waals surface area contributed by atoms with Crippen LogP contribution in [0, 0.1) is 0 Å². The second-order valence-corrected chi connectivity index (χ2v) is 7.94. The van der Waals surface area contributed by atoms with Gasteiger partial charge in [0, 0.05) is 50.4 Å². The van der Waals surface area contributed by atoms with Crippen molar-refractivity contribution in [3.8, 4) is 5.75 Å². The van der Waals surface area contributed by atoms with Crippen LogP contribution in [0.15, 0.2) is 53.4 Å². The van der Waals surface area contributed by atoms with Crippen LogP contribution in [0.3, 0.4) is 0 Å². The topological polar surface area (TPSA) is 36.0 Å². The number of ether oxygens (including phenoxy) is 1. The summed E-state index contributed by atoms with van der Waals surface area (Å²) in [4.78, 5) is 20.3. The average molecular weight is 400 g/mol. The van der Waals surface area contributed by atoms with E-state index < -0.39 is 0 Å². The number of amides is 1. The van der Waals surface area contributed by atoms with Crippen molar-refractivity contribution < 1.29 is 9.53 Å². The number of hydrogen-bond donors (Lipinski definition) is 0. The first-order chi connectivity index (χ1) is 13.6. The molecule has 0 radical (unpaired) electrons. The molecule has 1 aliphatic rings. The molecule has 1 saturated heterocycles. The largest absolute Gasteiger partial charge is 0.497 e. The highest BCUT2D eigenvalue weighted by Gasteiger charge is 2.20. The van der Waals surface area contributed by atoms with Gasteiger partial charge in [-0.3, -0.25) is 9.69 Å². The lowest BCUT2D eigenvalue weighted by Gasteiger charge is -2.36. The second kappa shape index (κ2) is 9.85. The number of hydrogen-bond acceptors (Lipinski definition) is 5. The van der Waals surface area contributed by atoms with E-state index in [1.165, 1.54) is 10.6 Å². The molecule has 150 valence electrons. The average Bonchev–Trinajstić information content (AvgIpc) is 2.75. The standard InChI is InChI=1S/C22H29N3O2S/c1-23(16-18-4-10-21(28-3)11-5-18)22(26)17-24-12-14-25(15-13-24)19-6-8-20(27-2)9-7-19/h4-11H,12-17H2,1-3H3. The molecular weight excluding hydrogens is 370 g/mol. The summed E-state index contributed by atoms with van der Waals surface area (Å²) in [7, 11) is 3.57. The summed E-state index contributed by atoms with van der Waals surface area (Å²) in [5, 5.41) is 0. The molecule has 1 aliphatic heterocycles. The molecule has 1 fully saturated rings. The maximum Gasteiger partial charge on any atom is 0.236 e. The van der Waals surface area contributed by atoms with E-state index in [-0.39, 0.29) is 5.91 Å². The van der Waals surface area contributed by atoms with Gasteiger partial charge in [0.2, 0.25) is 5.91 Å². The highest BCUT2D eigenvalue weighted by Crippen LogP contribution is 2.20. The van der Waals surface area contributed by atoms with Crippen molar-refractivity contribution in [2.45, 2.75) is 11.4 Å². The van der Waals surface area contributed by atoms with Crippen LogP contribution in [0.2, 0.25) is 0 Å². The van der Waals surface area contributed by atoms with Gasteiger partial charge in [-0.2, -0.15) is 0 Å². The smallest absolute Gasteiger partial charge is 0.236 e. The fourth-order valence-electron chi connectivity index (χ4n) is 3.36. The van der Waals surface area contributed by atoms with E-state index in [9.17, 15) is 4.79 Å². The number of thioether (sulfide) groups is 1. The fourth-order valence-corrected chi connectivity index (χ4v) is 3.77. The molecule has 28 heavy (non-hydrogen) atoms. The van der Waals surface area contributed by atoms with Crippen molar-refractivity contribution in [2.24, 2.45) is 0 Å². The van der Waals surface area contributed by atoms with Crippen molar-refractivity contribution in [1.82, 2.24) is 9.80 Å². The van der Waals surface area contributed by atoms with Gasteiger partial charge in [0.1, 0.15) is 5.75 Å². The van der Waals surface area contributed by atoms with Crippen molar-refractivity contribution in [1.29, 1.82) is 0 Å². The first kappa shape index (κ1) is 20.6. The van der Waals surface area contributed by atoms with Crippen LogP contribution in [-0.2, 0) is 11.3 Å². The van der Waals surface area contributed by atoms with E-state index in [1.54, 1.807) is 18.9 Å². The molecule has 0 spiro atoms. The van der Waals surface area contributed by atoms with Gasteiger partial charge in [-0.1, -0.05) is 12.1 Å². The first-order valence-electron chi connectivity index (χ1n) is 9.57. The lowest BCUT2D eigenvalue weighted by Crippen LogP contribution is -2.49. The maximum absolute atomic E-state index is 12.6. The summed E-state index contributed by atoms with van der Waals surface area (Å²) in [6, 6.07) is 16.6. The Kier molecular flexibility index (Phi) is 7.23. The Balaban J connectivity index is 1.45. The van der Waals surface area contributed by atoms with Crippen LogP contribution in [0.4, 0.5) is 5.69 Å². The lowest BCUT2D eigenvalue weighted by molar-refractivity contribution is -0.131. The number of benzene rings is 2. The number of rotatable bonds is 7. The van der Waals surface area contributed by atoms with E-state index in [0.717, 1.165) is 37.5 Å². The number of likely N-dealkylation sites (N-methyl/N-ethyl adjacent to an activating group) is 1. The minimum Gasteiger partial charge on any atom is -0.497 e. The number of carbonyl (C=O) groups is 1.